The summed E-state index contributed by atoms with van der Waals surface area (Å²) < 4.78 is 0. The maximum absolute atomic E-state index is 3.33. The Bertz CT molecular complexity index is 170. The molecule has 0 amide bonds. The van der Waals surface area contributed by atoms with Gasteiger partial charge in [-0.3, -0.25) is 0 Å². The zero-order chi connectivity index (χ0) is 11.3. The predicted octanol–water partition coefficient (Wildman–Crippen LogP) is 2.49. The molecule has 15 heavy (non-hydrogen) atoms. The first-order valence-corrected chi connectivity index (χ1v) is 6.54. The van der Waals surface area contributed by atoms with Crippen molar-refractivity contribution in [3.8, 4) is 0 Å². The first-order chi connectivity index (χ1) is 7.13. The highest BCUT2D eigenvalue weighted by Gasteiger charge is 2.19. The molecule has 1 N–H and O–H groups in total. The molecule has 90 valence electrons. The van der Waals surface area contributed by atoms with Crippen molar-refractivity contribution in [2.45, 2.75) is 58.5 Å². The molecule has 0 aromatic carbocycles. The summed E-state index contributed by atoms with van der Waals surface area (Å²) >= 11 is 0. The van der Waals surface area contributed by atoms with Crippen LogP contribution in [0.15, 0.2) is 0 Å². The van der Waals surface area contributed by atoms with Crippen LogP contribution in [0.3, 0.4) is 0 Å². The van der Waals surface area contributed by atoms with Gasteiger partial charge in [0.15, 0.2) is 0 Å². The van der Waals surface area contributed by atoms with E-state index >= 15 is 0 Å². The molecule has 0 saturated carbocycles. The van der Waals surface area contributed by atoms with Crippen molar-refractivity contribution in [2.75, 3.05) is 20.1 Å². The van der Waals surface area contributed by atoms with Gasteiger partial charge in [0.2, 0.25) is 0 Å². The van der Waals surface area contributed by atoms with Gasteiger partial charge in [-0.2, -0.15) is 0 Å². The Morgan fingerprint density at radius 1 is 1.27 bits per heavy atom. The topological polar surface area (TPSA) is 15.3 Å². The molecule has 2 nitrogen and oxygen atoms in total. The van der Waals surface area contributed by atoms with Gasteiger partial charge < -0.3 is 10.2 Å². The quantitative estimate of drug-likeness (QED) is 0.770. The summed E-state index contributed by atoms with van der Waals surface area (Å²) in [5.74, 6) is 0.934. The number of rotatable bonds is 4. The third kappa shape index (κ3) is 4.52. The molecule has 1 fully saturated rings. The minimum absolute atomic E-state index is 0.640. The molecule has 2 heteroatoms. The molecule has 3 atom stereocenters. The molecule has 1 saturated heterocycles. The van der Waals surface area contributed by atoms with Crippen molar-refractivity contribution in [1.29, 1.82) is 0 Å². The summed E-state index contributed by atoms with van der Waals surface area (Å²) in [4.78, 5) is 2.68. The fourth-order valence-electron chi connectivity index (χ4n) is 2.50. The average Bonchev–Trinajstić information content (AvgIpc) is 2.42. The highest BCUT2D eigenvalue weighted by atomic mass is 15.2. The van der Waals surface area contributed by atoms with Gasteiger partial charge in [-0.25, -0.2) is 0 Å². The SMILES string of the molecule is CNC(C)CC(C)N1CCCC(C)CC1. The predicted molar refractivity (Wildman–Crippen MR) is 67.2 cm³/mol. The minimum Gasteiger partial charge on any atom is -0.317 e. The van der Waals surface area contributed by atoms with E-state index in [1.165, 1.54) is 38.8 Å². The molecule has 0 aliphatic carbocycles. The van der Waals surface area contributed by atoms with Gasteiger partial charge in [-0.1, -0.05) is 6.92 Å². The van der Waals surface area contributed by atoms with Gasteiger partial charge in [-0.15, -0.1) is 0 Å². The molecule has 1 aliphatic rings. The fourth-order valence-corrected chi connectivity index (χ4v) is 2.50. The van der Waals surface area contributed by atoms with Crippen LogP contribution in [0.1, 0.15) is 46.5 Å². The van der Waals surface area contributed by atoms with Gasteiger partial charge in [0, 0.05) is 12.1 Å². The Kier molecular flexibility index (Phi) is 5.62. The van der Waals surface area contributed by atoms with Crippen LogP contribution in [0.5, 0.6) is 0 Å². The molecule has 0 aromatic heterocycles. The fraction of sp³-hybridized carbons (Fsp3) is 1.00. The van der Waals surface area contributed by atoms with E-state index < -0.39 is 0 Å². The van der Waals surface area contributed by atoms with Crippen LogP contribution in [0.2, 0.25) is 0 Å². The Hall–Kier alpha value is -0.0800. The lowest BCUT2D eigenvalue weighted by molar-refractivity contribution is 0.195. The van der Waals surface area contributed by atoms with E-state index in [1.807, 2.05) is 0 Å². The highest BCUT2D eigenvalue weighted by Crippen LogP contribution is 2.19. The van der Waals surface area contributed by atoms with E-state index in [9.17, 15) is 0 Å². The summed E-state index contributed by atoms with van der Waals surface area (Å²) in [6.07, 6.45) is 5.47. The van der Waals surface area contributed by atoms with Crippen molar-refractivity contribution in [1.82, 2.24) is 10.2 Å². The van der Waals surface area contributed by atoms with E-state index in [2.05, 4.69) is 38.0 Å². The van der Waals surface area contributed by atoms with E-state index in [0.29, 0.717) is 6.04 Å². The molecule has 1 heterocycles. The molecule has 3 unspecified atom stereocenters. The number of likely N-dealkylation sites (tertiary alicyclic amines) is 1. The number of hydrogen-bond donors (Lipinski definition) is 1. The largest absolute Gasteiger partial charge is 0.317 e. The van der Waals surface area contributed by atoms with Crippen LogP contribution in [-0.2, 0) is 0 Å². The van der Waals surface area contributed by atoms with E-state index in [4.69, 9.17) is 0 Å². The lowest BCUT2D eigenvalue weighted by Gasteiger charge is -2.29. The first kappa shape index (κ1) is 13.0. The van der Waals surface area contributed by atoms with Crippen molar-refractivity contribution >= 4 is 0 Å². The van der Waals surface area contributed by atoms with Crippen LogP contribution >= 0.6 is 0 Å². The number of nitrogens with zero attached hydrogens (tertiary/aromatic N) is 1. The molecule has 0 aromatic rings. The zero-order valence-electron chi connectivity index (χ0n) is 10.9. The van der Waals surface area contributed by atoms with E-state index in [1.54, 1.807) is 0 Å². The van der Waals surface area contributed by atoms with Crippen LogP contribution in [0, 0.1) is 5.92 Å². The Morgan fingerprint density at radius 2 is 2.00 bits per heavy atom. The molecule has 0 spiro atoms. The first-order valence-electron chi connectivity index (χ1n) is 6.54. The van der Waals surface area contributed by atoms with Crippen LogP contribution in [0.4, 0.5) is 0 Å². The van der Waals surface area contributed by atoms with Crippen LogP contribution < -0.4 is 5.32 Å². The van der Waals surface area contributed by atoms with Crippen molar-refractivity contribution in [3.63, 3.8) is 0 Å². The van der Waals surface area contributed by atoms with Gasteiger partial charge in [0.1, 0.15) is 0 Å². The second kappa shape index (κ2) is 6.49. The number of hydrogen-bond acceptors (Lipinski definition) is 2. The van der Waals surface area contributed by atoms with Gasteiger partial charge in [0.25, 0.3) is 0 Å². The highest BCUT2D eigenvalue weighted by molar-refractivity contribution is 4.75. The normalized spacial score (nSPS) is 28.4. The monoisotopic (exact) mass is 212 g/mol. The lowest BCUT2D eigenvalue weighted by atomic mass is 10.0. The van der Waals surface area contributed by atoms with E-state index in [-0.39, 0.29) is 0 Å². The molecule has 0 bridgehead atoms. The van der Waals surface area contributed by atoms with Crippen LogP contribution in [-0.4, -0.2) is 37.1 Å². The summed E-state index contributed by atoms with van der Waals surface area (Å²) in [6, 6.07) is 1.37. The van der Waals surface area contributed by atoms with Crippen molar-refractivity contribution in [3.05, 3.63) is 0 Å². The summed E-state index contributed by atoms with van der Waals surface area (Å²) in [7, 11) is 2.06. The molecule has 1 rings (SSSR count). The third-order valence-corrected chi connectivity index (χ3v) is 3.86. The Labute approximate surface area is 95.4 Å². The van der Waals surface area contributed by atoms with Crippen molar-refractivity contribution < 1.29 is 0 Å². The Balaban J connectivity index is 2.34. The van der Waals surface area contributed by atoms with Crippen LogP contribution in [0.25, 0.3) is 0 Å². The average molecular weight is 212 g/mol. The molecule has 0 radical (unpaired) electrons. The zero-order valence-corrected chi connectivity index (χ0v) is 10.9. The number of nitrogens with one attached hydrogen (secondary N) is 1. The third-order valence-electron chi connectivity index (χ3n) is 3.86. The molecule has 1 aliphatic heterocycles. The maximum atomic E-state index is 3.33. The molecular weight excluding hydrogens is 184 g/mol. The molecular formula is C13H28N2. The maximum Gasteiger partial charge on any atom is 0.00816 e. The Morgan fingerprint density at radius 3 is 2.67 bits per heavy atom. The van der Waals surface area contributed by atoms with Crippen molar-refractivity contribution in [2.24, 2.45) is 5.92 Å². The van der Waals surface area contributed by atoms with Gasteiger partial charge >= 0.3 is 0 Å². The summed E-state index contributed by atoms with van der Waals surface area (Å²) in [6.45, 7) is 9.66. The second-order valence-electron chi connectivity index (χ2n) is 5.35. The smallest absolute Gasteiger partial charge is 0.00816 e. The van der Waals surface area contributed by atoms with Gasteiger partial charge in [0.05, 0.1) is 0 Å². The standard InChI is InChI=1S/C13H28N2/c1-11-6-5-8-15(9-7-11)13(3)10-12(2)14-4/h11-14H,5-10H2,1-4H3. The van der Waals surface area contributed by atoms with Gasteiger partial charge in [-0.05, 0) is 65.6 Å². The lowest BCUT2D eigenvalue weighted by Crippen LogP contribution is -2.38. The minimum atomic E-state index is 0.640. The summed E-state index contributed by atoms with van der Waals surface area (Å²) in [5, 5.41) is 3.33. The second-order valence-corrected chi connectivity index (χ2v) is 5.35. The summed E-state index contributed by atoms with van der Waals surface area (Å²) in [5.41, 5.74) is 0. The van der Waals surface area contributed by atoms with E-state index in [0.717, 1.165) is 12.0 Å².